The molecule has 0 saturated carbocycles. The Hall–Kier alpha value is -4.33. The molecule has 0 aliphatic rings. The molecule has 3 aromatic carbocycles. The highest BCUT2D eigenvalue weighted by Gasteiger charge is 2.19. The molecule has 4 rings (SSSR count). The van der Waals surface area contributed by atoms with Gasteiger partial charge < -0.3 is 0 Å². The number of rotatable bonds is 5. The number of hydrogen-bond acceptors (Lipinski definition) is 4. The summed E-state index contributed by atoms with van der Waals surface area (Å²) in [7, 11) is 0. The van der Waals surface area contributed by atoms with Crippen molar-refractivity contribution < 1.29 is 9.31 Å². The lowest BCUT2D eigenvalue weighted by Crippen LogP contribution is -2.19. The van der Waals surface area contributed by atoms with Gasteiger partial charge in [0.05, 0.1) is 33.3 Å². The van der Waals surface area contributed by atoms with E-state index in [0.29, 0.717) is 28.3 Å². The van der Waals surface area contributed by atoms with Gasteiger partial charge >= 0.3 is 0 Å². The quantitative estimate of drug-likeness (QED) is 0.281. The number of halogens is 1. The van der Waals surface area contributed by atoms with Gasteiger partial charge in [-0.05, 0) is 43.3 Å². The molecule has 8 heteroatoms. The summed E-state index contributed by atoms with van der Waals surface area (Å²) in [5, 5.41) is 14.0. The van der Waals surface area contributed by atoms with E-state index in [1.807, 2.05) is 30.3 Å². The summed E-state index contributed by atoms with van der Waals surface area (Å²) in [4.78, 5) is 28.2. The number of nitro groups is 1. The molecular weight excluding hydrogens is 399 g/mol. The van der Waals surface area contributed by atoms with Crippen LogP contribution in [0.3, 0.4) is 0 Å². The van der Waals surface area contributed by atoms with Crippen LogP contribution >= 0.6 is 0 Å². The number of non-ortho nitro benzene ring substituents is 1. The van der Waals surface area contributed by atoms with E-state index >= 15 is 0 Å². The van der Waals surface area contributed by atoms with Crippen molar-refractivity contribution in [1.29, 1.82) is 0 Å². The first-order chi connectivity index (χ1) is 14.9. The Balaban J connectivity index is 1.88. The maximum atomic E-state index is 13.3. The number of aromatic amines is 1. The summed E-state index contributed by atoms with van der Waals surface area (Å²) in [6.45, 7) is 1.71. The second-order valence-electron chi connectivity index (χ2n) is 6.82. The highest BCUT2D eigenvalue weighted by Crippen LogP contribution is 2.23. The number of nitro benzene ring substituents is 1. The van der Waals surface area contributed by atoms with Gasteiger partial charge in [0.2, 0.25) is 0 Å². The highest BCUT2D eigenvalue weighted by atomic mass is 19.1. The average molecular weight is 416 g/mol. The van der Waals surface area contributed by atoms with Crippen LogP contribution in [0.25, 0.3) is 16.9 Å². The molecule has 0 bridgehead atoms. The summed E-state index contributed by atoms with van der Waals surface area (Å²) in [6.07, 6.45) is 0. The van der Waals surface area contributed by atoms with E-state index < -0.39 is 4.92 Å². The summed E-state index contributed by atoms with van der Waals surface area (Å²) in [6, 6.07) is 20.6. The molecule has 0 amide bonds. The third kappa shape index (κ3) is 4.04. The van der Waals surface area contributed by atoms with Gasteiger partial charge in [-0.1, -0.05) is 30.3 Å². The summed E-state index contributed by atoms with van der Waals surface area (Å²) in [5.41, 5.74) is 2.70. The molecule has 0 atom stereocenters. The number of nitrogens with zero attached hydrogens (tertiary/aromatic N) is 3. The molecular formula is C23H17FN4O3. The molecule has 1 N–H and O–H groups in total. The number of nitrogens with one attached hydrogen (secondary N) is 1. The second kappa shape index (κ2) is 8.19. The van der Waals surface area contributed by atoms with Crippen molar-refractivity contribution in [2.24, 2.45) is 4.99 Å². The molecule has 0 aliphatic heterocycles. The van der Waals surface area contributed by atoms with Crippen LogP contribution in [0.4, 0.5) is 15.8 Å². The molecule has 0 radical (unpaired) electrons. The summed E-state index contributed by atoms with van der Waals surface area (Å²) < 4.78 is 14.5. The molecule has 7 nitrogen and oxygen atoms in total. The largest absolute Gasteiger partial charge is 0.290 e. The summed E-state index contributed by atoms with van der Waals surface area (Å²) >= 11 is 0. The molecule has 0 unspecified atom stereocenters. The minimum absolute atomic E-state index is 0.0686. The smallest absolute Gasteiger partial charge is 0.280 e. The third-order valence-corrected chi connectivity index (χ3v) is 4.76. The Kier molecular flexibility index (Phi) is 5.28. The van der Waals surface area contributed by atoms with Gasteiger partial charge in [-0.15, -0.1) is 0 Å². The normalized spacial score (nSPS) is 11.5. The molecule has 31 heavy (non-hydrogen) atoms. The van der Waals surface area contributed by atoms with Gasteiger partial charge in [-0.25, -0.2) is 9.07 Å². The Bertz CT molecular complexity index is 1320. The third-order valence-electron chi connectivity index (χ3n) is 4.76. The van der Waals surface area contributed by atoms with Crippen molar-refractivity contribution in [3.05, 3.63) is 111 Å². The first-order valence-electron chi connectivity index (χ1n) is 9.40. The monoisotopic (exact) mass is 416 g/mol. The van der Waals surface area contributed by atoms with Gasteiger partial charge in [0.1, 0.15) is 5.82 Å². The fraction of sp³-hybridized carbons (Fsp3) is 0.0435. The Morgan fingerprint density at radius 2 is 1.65 bits per heavy atom. The minimum atomic E-state index is -0.498. The van der Waals surface area contributed by atoms with Crippen molar-refractivity contribution >= 4 is 17.1 Å². The van der Waals surface area contributed by atoms with E-state index in [0.717, 1.165) is 5.56 Å². The molecule has 0 saturated heterocycles. The minimum Gasteiger partial charge on any atom is -0.290 e. The van der Waals surface area contributed by atoms with E-state index in [9.17, 15) is 19.3 Å². The number of aliphatic imine (C=N–C) groups is 1. The van der Waals surface area contributed by atoms with Crippen LogP contribution in [0.2, 0.25) is 0 Å². The van der Waals surface area contributed by atoms with Crippen molar-refractivity contribution in [2.75, 3.05) is 0 Å². The van der Waals surface area contributed by atoms with Gasteiger partial charge in [-0.2, -0.15) is 0 Å². The molecule has 1 heterocycles. The fourth-order valence-corrected chi connectivity index (χ4v) is 3.26. The molecule has 4 aromatic rings. The first kappa shape index (κ1) is 20.0. The van der Waals surface area contributed by atoms with Crippen LogP contribution in [0.15, 0.2) is 88.6 Å². The summed E-state index contributed by atoms with van der Waals surface area (Å²) in [5.74, 6) is -0.372. The zero-order chi connectivity index (χ0) is 22.0. The molecule has 0 aliphatic carbocycles. The first-order valence-corrected chi connectivity index (χ1v) is 9.40. The lowest BCUT2D eigenvalue weighted by molar-refractivity contribution is -0.384. The SMILES string of the molecule is CC(=Nc1ccc(F)cc1)c1c(-c2ccccc2)[nH]n(-c2ccc([N+](=O)[O-])cc2)c1=O. The molecule has 1 aromatic heterocycles. The zero-order valence-electron chi connectivity index (χ0n) is 16.4. The van der Waals surface area contributed by atoms with E-state index in [1.54, 1.807) is 6.92 Å². The maximum Gasteiger partial charge on any atom is 0.280 e. The van der Waals surface area contributed by atoms with Crippen molar-refractivity contribution in [2.45, 2.75) is 6.92 Å². The highest BCUT2D eigenvalue weighted by molar-refractivity contribution is 6.04. The zero-order valence-corrected chi connectivity index (χ0v) is 16.4. The van der Waals surface area contributed by atoms with Crippen molar-refractivity contribution in [3.63, 3.8) is 0 Å². The average Bonchev–Trinajstić information content (AvgIpc) is 3.13. The Labute approximate surface area is 176 Å². The lowest BCUT2D eigenvalue weighted by atomic mass is 10.1. The van der Waals surface area contributed by atoms with E-state index in [1.165, 1.54) is 53.2 Å². The van der Waals surface area contributed by atoms with Crippen molar-refractivity contribution in [1.82, 2.24) is 9.78 Å². The Morgan fingerprint density at radius 1 is 1.00 bits per heavy atom. The van der Waals surface area contributed by atoms with Crippen LogP contribution in [-0.2, 0) is 0 Å². The number of aromatic nitrogens is 2. The van der Waals surface area contributed by atoms with E-state index in [4.69, 9.17) is 0 Å². The molecule has 0 fully saturated rings. The second-order valence-corrected chi connectivity index (χ2v) is 6.82. The van der Waals surface area contributed by atoms with Crippen LogP contribution in [-0.4, -0.2) is 20.4 Å². The lowest BCUT2D eigenvalue weighted by Gasteiger charge is -2.03. The standard InChI is InChI=1S/C23H17FN4O3/c1-15(25-18-9-7-17(24)8-10-18)21-22(16-5-3-2-4-6-16)26-27(23(21)29)19-11-13-20(14-12-19)28(30)31/h2-14,26H,1H3. The van der Waals surface area contributed by atoms with Crippen LogP contribution in [0.5, 0.6) is 0 Å². The Morgan fingerprint density at radius 3 is 2.26 bits per heavy atom. The van der Waals surface area contributed by atoms with Crippen LogP contribution in [0, 0.1) is 15.9 Å². The van der Waals surface area contributed by atoms with Gasteiger partial charge in [0, 0.05) is 17.7 Å². The maximum absolute atomic E-state index is 13.3. The van der Waals surface area contributed by atoms with E-state index in [2.05, 4.69) is 10.1 Å². The molecule has 0 spiro atoms. The van der Waals surface area contributed by atoms with Gasteiger partial charge in [-0.3, -0.25) is 25.0 Å². The molecule has 154 valence electrons. The van der Waals surface area contributed by atoms with Gasteiger partial charge in [0.25, 0.3) is 11.2 Å². The van der Waals surface area contributed by atoms with Crippen molar-refractivity contribution in [3.8, 4) is 16.9 Å². The van der Waals surface area contributed by atoms with Crippen LogP contribution < -0.4 is 5.56 Å². The predicted octanol–water partition coefficient (Wildman–Crippen LogP) is 5.02. The van der Waals surface area contributed by atoms with Crippen LogP contribution in [0.1, 0.15) is 12.5 Å². The van der Waals surface area contributed by atoms with Gasteiger partial charge in [0.15, 0.2) is 0 Å². The number of benzene rings is 3. The topological polar surface area (TPSA) is 93.3 Å². The van der Waals surface area contributed by atoms with E-state index in [-0.39, 0.29) is 17.1 Å². The number of H-pyrrole nitrogens is 1. The predicted molar refractivity (Wildman–Crippen MR) is 117 cm³/mol. The number of hydrogen-bond donors (Lipinski definition) is 1. The fourth-order valence-electron chi connectivity index (χ4n) is 3.26.